The van der Waals surface area contributed by atoms with E-state index in [1.165, 1.54) is 0 Å². The van der Waals surface area contributed by atoms with Crippen molar-refractivity contribution in [2.75, 3.05) is 13.2 Å². The lowest BCUT2D eigenvalue weighted by Crippen LogP contribution is -2.24. The zero-order valence-corrected chi connectivity index (χ0v) is 12.3. The normalized spacial score (nSPS) is 23.0. The van der Waals surface area contributed by atoms with Crippen molar-refractivity contribution in [1.29, 1.82) is 0 Å². The molecule has 1 amide bonds. The van der Waals surface area contributed by atoms with Gasteiger partial charge >= 0.3 is 5.97 Å². The lowest BCUT2D eigenvalue weighted by atomic mass is 10.2. The van der Waals surface area contributed by atoms with Gasteiger partial charge in [-0.1, -0.05) is 6.07 Å². The van der Waals surface area contributed by atoms with Gasteiger partial charge in [0.25, 0.3) is 5.91 Å². The number of ether oxygens (including phenoxy) is 1. The van der Waals surface area contributed by atoms with Crippen molar-refractivity contribution in [3.05, 3.63) is 29.6 Å². The lowest BCUT2D eigenvalue weighted by Gasteiger charge is -2.06. The molecule has 0 saturated heterocycles. The van der Waals surface area contributed by atoms with Crippen LogP contribution in [0.4, 0.5) is 0 Å². The molecule has 2 heterocycles. The summed E-state index contributed by atoms with van der Waals surface area (Å²) in [6.07, 6.45) is 0.777. The largest absolute Gasteiger partial charge is 0.466 e. The standard InChI is InChI=1S/C16H17N3O3/c1-2-22-16(21)11-8-10(11)14-18-12-5-3-4-9-13(12)19(14)7-6-17-15(9)20/h3-5,10-11H,2,6-8H2,1H3,(H,17,20)/t10?,11-/m1/s1. The van der Waals surface area contributed by atoms with Crippen LogP contribution in [0.1, 0.15) is 35.4 Å². The Hall–Kier alpha value is -2.37. The number of imidazole rings is 1. The molecule has 1 aromatic carbocycles. The van der Waals surface area contributed by atoms with Gasteiger partial charge in [-0.3, -0.25) is 9.59 Å². The Bertz CT molecular complexity index is 780. The molecule has 6 heteroatoms. The number of esters is 1. The summed E-state index contributed by atoms with van der Waals surface area (Å²) >= 11 is 0. The monoisotopic (exact) mass is 299 g/mol. The van der Waals surface area contributed by atoms with E-state index in [0.717, 1.165) is 23.3 Å². The SMILES string of the molecule is CCOC(=O)[C@@H]1CC1c1nc2cccc3c2n1CCNC3=O. The quantitative estimate of drug-likeness (QED) is 0.871. The minimum atomic E-state index is -0.143. The Morgan fingerprint density at radius 2 is 2.36 bits per heavy atom. The number of hydrogen-bond donors (Lipinski definition) is 1. The van der Waals surface area contributed by atoms with Gasteiger partial charge < -0.3 is 14.6 Å². The van der Waals surface area contributed by atoms with E-state index in [4.69, 9.17) is 9.72 Å². The van der Waals surface area contributed by atoms with Crippen LogP contribution < -0.4 is 5.32 Å². The van der Waals surface area contributed by atoms with Gasteiger partial charge in [-0.25, -0.2) is 4.98 Å². The Morgan fingerprint density at radius 3 is 3.18 bits per heavy atom. The molecule has 1 N–H and O–H groups in total. The van der Waals surface area contributed by atoms with Gasteiger partial charge in [0.05, 0.1) is 29.1 Å². The summed E-state index contributed by atoms with van der Waals surface area (Å²) in [5.74, 6) is 0.705. The first-order chi connectivity index (χ1) is 10.7. The molecule has 0 radical (unpaired) electrons. The molecule has 2 aromatic rings. The van der Waals surface area contributed by atoms with Crippen LogP contribution in [0.3, 0.4) is 0 Å². The zero-order valence-electron chi connectivity index (χ0n) is 12.3. The highest BCUT2D eigenvalue weighted by Crippen LogP contribution is 2.48. The van der Waals surface area contributed by atoms with E-state index in [1.807, 2.05) is 25.1 Å². The number of carbonyl (C=O) groups is 2. The molecule has 22 heavy (non-hydrogen) atoms. The third-order valence-electron chi connectivity index (χ3n) is 4.37. The average Bonchev–Trinajstić information content (AvgIpc) is 3.25. The molecule has 1 aromatic heterocycles. The molecular formula is C16H17N3O3. The molecule has 1 fully saturated rings. The van der Waals surface area contributed by atoms with Crippen molar-refractivity contribution < 1.29 is 14.3 Å². The van der Waals surface area contributed by atoms with E-state index in [0.29, 0.717) is 25.3 Å². The number of amides is 1. The van der Waals surface area contributed by atoms with E-state index in [2.05, 4.69) is 9.88 Å². The minimum absolute atomic E-state index is 0.0615. The van der Waals surface area contributed by atoms with Crippen LogP contribution in [0.25, 0.3) is 11.0 Å². The Balaban J connectivity index is 1.77. The maximum absolute atomic E-state index is 12.1. The predicted octanol–water partition coefficient (Wildman–Crippen LogP) is 1.45. The van der Waals surface area contributed by atoms with Crippen molar-refractivity contribution in [1.82, 2.24) is 14.9 Å². The number of aromatic nitrogens is 2. The fourth-order valence-electron chi connectivity index (χ4n) is 3.26. The van der Waals surface area contributed by atoms with Gasteiger partial charge in [0.1, 0.15) is 5.82 Å². The molecule has 2 aliphatic rings. The van der Waals surface area contributed by atoms with Gasteiger partial charge in [0, 0.05) is 19.0 Å². The van der Waals surface area contributed by atoms with E-state index in [-0.39, 0.29) is 23.7 Å². The van der Waals surface area contributed by atoms with Crippen molar-refractivity contribution in [2.24, 2.45) is 5.92 Å². The van der Waals surface area contributed by atoms with Crippen LogP contribution in [-0.4, -0.2) is 34.6 Å². The first-order valence-electron chi connectivity index (χ1n) is 7.64. The third kappa shape index (κ3) is 1.90. The number of nitrogens with zero attached hydrogens (tertiary/aromatic N) is 2. The second-order valence-corrected chi connectivity index (χ2v) is 5.75. The number of para-hydroxylation sites is 1. The summed E-state index contributed by atoms with van der Waals surface area (Å²) in [5, 5.41) is 2.90. The molecule has 4 rings (SSSR count). The Morgan fingerprint density at radius 1 is 1.50 bits per heavy atom. The van der Waals surface area contributed by atoms with Crippen LogP contribution in [0, 0.1) is 5.92 Å². The zero-order chi connectivity index (χ0) is 15.3. The van der Waals surface area contributed by atoms with Gasteiger partial charge in [-0.15, -0.1) is 0 Å². The fraction of sp³-hybridized carbons (Fsp3) is 0.438. The van der Waals surface area contributed by atoms with Gasteiger partial charge in [-0.05, 0) is 25.5 Å². The highest BCUT2D eigenvalue weighted by molar-refractivity contribution is 6.05. The van der Waals surface area contributed by atoms with Crippen molar-refractivity contribution in [3.8, 4) is 0 Å². The van der Waals surface area contributed by atoms with Gasteiger partial charge in [0.15, 0.2) is 0 Å². The summed E-state index contributed by atoms with van der Waals surface area (Å²) in [5.41, 5.74) is 2.35. The molecular weight excluding hydrogens is 282 g/mol. The highest BCUT2D eigenvalue weighted by Gasteiger charge is 2.48. The summed E-state index contributed by atoms with van der Waals surface area (Å²) in [4.78, 5) is 28.7. The maximum atomic E-state index is 12.1. The van der Waals surface area contributed by atoms with Crippen molar-refractivity contribution in [3.63, 3.8) is 0 Å². The minimum Gasteiger partial charge on any atom is -0.466 e. The third-order valence-corrected chi connectivity index (χ3v) is 4.37. The number of carbonyl (C=O) groups excluding carboxylic acids is 2. The number of benzene rings is 1. The van der Waals surface area contributed by atoms with Crippen LogP contribution >= 0.6 is 0 Å². The van der Waals surface area contributed by atoms with E-state index >= 15 is 0 Å². The predicted molar refractivity (Wildman–Crippen MR) is 79.5 cm³/mol. The van der Waals surface area contributed by atoms with Crippen LogP contribution in [0.2, 0.25) is 0 Å². The van der Waals surface area contributed by atoms with Crippen molar-refractivity contribution >= 4 is 22.9 Å². The molecule has 1 unspecified atom stereocenters. The number of hydrogen-bond acceptors (Lipinski definition) is 4. The molecule has 1 aliphatic heterocycles. The summed E-state index contributed by atoms with van der Waals surface area (Å²) in [6.45, 7) is 3.47. The topological polar surface area (TPSA) is 73.2 Å². The Labute approximate surface area is 127 Å². The first kappa shape index (κ1) is 13.3. The van der Waals surface area contributed by atoms with Crippen LogP contribution in [0.15, 0.2) is 18.2 Å². The fourth-order valence-corrected chi connectivity index (χ4v) is 3.26. The molecule has 2 atom stereocenters. The summed E-state index contributed by atoms with van der Waals surface area (Å²) in [7, 11) is 0. The molecule has 114 valence electrons. The first-order valence-corrected chi connectivity index (χ1v) is 7.64. The molecule has 1 aliphatic carbocycles. The van der Waals surface area contributed by atoms with Gasteiger partial charge in [0.2, 0.25) is 0 Å². The summed E-state index contributed by atoms with van der Waals surface area (Å²) < 4.78 is 7.19. The summed E-state index contributed by atoms with van der Waals surface area (Å²) in [6, 6.07) is 5.58. The molecule has 1 saturated carbocycles. The molecule has 0 bridgehead atoms. The average molecular weight is 299 g/mol. The van der Waals surface area contributed by atoms with Gasteiger partial charge in [-0.2, -0.15) is 0 Å². The highest BCUT2D eigenvalue weighted by atomic mass is 16.5. The second kappa shape index (κ2) is 4.83. The maximum Gasteiger partial charge on any atom is 0.309 e. The number of rotatable bonds is 3. The smallest absolute Gasteiger partial charge is 0.309 e. The molecule has 6 nitrogen and oxygen atoms in total. The number of nitrogens with one attached hydrogen (secondary N) is 1. The van der Waals surface area contributed by atoms with Crippen LogP contribution in [0.5, 0.6) is 0 Å². The van der Waals surface area contributed by atoms with Crippen molar-refractivity contribution in [2.45, 2.75) is 25.8 Å². The lowest BCUT2D eigenvalue weighted by molar-refractivity contribution is -0.144. The van der Waals surface area contributed by atoms with E-state index in [9.17, 15) is 9.59 Å². The molecule has 0 spiro atoms. The second-order valence-electron chi connectivity index (χ2n) is 5.75. The van der Waals surface area contributed by atoms with E-state index in [1.54, 1.807) is 0 Å². The van der Waals surface area contributed by atoms with E-state index < -0.39 is 0 Å². The Kier molecular flexibility index (Phi) is 2.92. The van der Waals surface area contributed by atoms with Crippen LogP contribution in [-0.2, 0) is 16.1 Å².